The van der Waals surface area contributed by atoms with Crippen LogP contribution in [0.2, 0.25) is 0 Å². The highest BCUT2D eigenvalue weighted by molar-refractivity contribution is 6.23. The summed E-state index contributed by atoms with van der Waals surface area (Å²) in [7, 11) is 0. The lowest BCUT2D eigenvalue weighted by atomic mass is 9.45. The van der Waals surface area contributed by atoms with Gasteiger partial charge in [0.1, 0.15) is 6.04 Å². The maximum atomic E-state index is 13.0. The average molecular weight is 353 g/mol. The molecule has 1 N–H and O–H groups in total. The molecule has 26 heavy (non-hydrogen) atoms. The first-order valence-corrected chi connectivity index (χ1v) is 9.52. The molecule has 5 heteroatoms. The minimum atomic E-state index is -0.771. The summed E-state index contributed by atoms with van der Waals surface area (Å²) in [5, 5.41) is 11.0. The standard InChI is InChI=1S/C21H23NO4/c1-12(23)17(22-18(24)15-4-2-3-5-16(15)19(22)25)20-7-13-6-14(8-20)10-21(26,9-13)11-20/h2-5,13-14,17,26H,6-11H2,1H3/t13?,14?,17-,20?,21?/m1/s1. The van der Waals surface area contributed by atoms with Gasteiger partial charge < -0.3 is 5.11 Å². The highest BCUT2D eigenvalue weighted by Crippen LogP contribution is 2.63. The first kappa shape index (κ1) is 16.2. The second-order valence-electron chi connectivity index (χ2n) is 9.09. The minimum Gasteiger partial charge on any atom is -0.390 e. The maximum absolute atomic E-state index is 13.0. The Morgan fingerprint density at radius 2 is 1.62 bits per heavy atom. The van der Waals surface area contributed by atoms with E-state index in [-0.39, 0.29) is 17.6 Å². The van der Waals surface area contributed by atoms with Crippen LogP contribution in [0.1, 0.15) is 66.2 Å². The summed E-state index contributed by atoms with van der Waals surface area (Å²) in [5.41, 5.74) is -0.450. The van der Waals surface area contributed by atoms with Gasteiger partial charge >= 0.3 is 0 Å². The second kappa shape index (κ2) is 5.03. The van der Waals surface area contributed by atoms with Gasteiger partial charge in [-0.25, -0.2) is 0 Å². The van der Waals surface area contributed by atoms with Crippen molar-refractivity contribution in [2.45, 2.75) is 57.1 Å². The Hall–Kier alpha value is -2.01. The Morgan fingerprint density at radius 1 is 1.08 bits per heavy atom. The number of ketones is 1. The van der Waals surface area contributed by atoms with Gasteiger partial charge in [0.25, 0.3) is 11.8 Å². The monoisotopic (exact) mass is 353 g/mol. The van der Waals surface area contributed by atoms with Crippen molar-refractivity contribution in [2.75, 3.05) is 0 Å². The Labute approximate surface area is 152 Å². The van der Waals surface area contributed by atoms with Gasteiger partial charge in [0.05, 0.1) is 16.7 Å². The van der Waals surface area contributed by atoms with E-state index < -0.39 is 17.1 Å². The molecule has 5 aliphatic rings. The fourth-order valence-corrected chi connectivity index (χ4v) is 6.93. The largest absolute Gasteiger partial charge is 0.390 e. The van der Waals surface area contributed by atoms with Crippen molar-refractivity contribution in [3.05, 3.63) is 35.4 Å². The van der Waals surface area contributed by atoms with Crippen molar-refractivity contribution < 1.29 is 19.5 Å². The van der Waals surface area contributed by atoms with Crippen LogP contribution in [0.4, 0.5) is 0 Å². The van der Waals surface area contributed by atoms with Crippen LogP contribution >= 0.6 is 0 Å². The summed E-state index contributed by atoms with van der Waals surface area (Å²) >= 11 is 0. The number of hydrogen-bond acceptors (Lipinski definition) is 4. The number of carbonyl (C=O) groups excluding carboxylic acids is 3. The quantitative estimate of drug-likeness (QED) is 0.848. The molecular weight excluding hydrogens is 330 g/mol. The molecule has 4 bridgehead atoms. The van der Waals surface area contributed by atoms with Crippen LogP contribution in [-0.4, -0.2) is 39.2 Å². The van der Waals surface area contributed by atoms with Crippen molar-refractivity contribution in [3.8, 4) is 0 Å². The third-order valence-corrected chi connectivity index (χ3v) is 7.12. The fraction of sp³-hybridized carbons (Fsp3) is 0.571. The van der Waals surface area contributed by atoms with E-state index in [1.807, 2.05) is 0 Å². The SMILES string of the molecule is CC(=O)[C@@H](N1C(=O)c2ccccc2C1=O)C12CC3CC(CC(O)(C3)C1)C2. The Bertz CT molecular complexity index is 795. The Morgan fingerprint density at radius 3 is 2.08 bits per heavy atom. The molecule has 0 radical (unpaired) electrons. The molecule has 1 aromatic rings. The van der Waals surface area contributed by atoms with Crippen molar-refractivity contribution in [3.63, 3.8) is 0 Å². The number of benzene rings is 1. The van der Waals surface area contributed by atoms with E-state index in [0.717, 1.165) is 32.1 Å². The van der Waals surface area contributed by atoms with Crippen LogP contribution in [0.15, 0.2) is 24.3 Å². The molecule has 2 unspecified atom stereocenters. The highest BCUT2D eigenvalue weighted by atomic mass is 16.3. The maximum Gasteiger partial charge on any atom is 0.262 e. The fourth-order valence-electron chi connectivity index (χ4n) is 6.93. The zero-order chi connectivity index (χ0) is 18.3. The topological polar surface area (TPSA) is 74.7 Å². The molecule has 5 nitrogen and oxygen atoms in total. The van der Waals surface area contributed by atoms with Crippen molar-refractivity contribution in [2.24, 2.45) is 17.3 Å². The molecule has 136 valence electrons. The van der Waals surface area contributed by atoms with Crippen LogP contribution in [-0.2, 0) is 4.79 Å². The number of hydrogen-bond donors (Lipinski definition) is 1. The summed E-state index contributed by atoms with van der Waals surface area (Å²) in [4.78, 5) is 40.0. The van der Waals surface area contributed by atoms with Crippen LogP contribution in [0, 0.1) is 17.3 Å². The lowest BCUT2D eigenvalue weighted by Gasteiger charge is -2.62. The molecule has 1 heterocycles. The van der Waals surface area contributed by atoms with Gasteiger partial charge in [0.15, 0.2) is 5.78 Å². The van der Waals surface area contributed by atoms with Crippen LogP contribution in [0.5, 0.6) is 0 Å². The number of nitrogens with zero attached hydrogens (tertiary/aromatic N) is 1. The average Bonchev–Trinajstić information content (AvgIpc) is 2.78. The van der Waals surface area contributed by atoms with E-state index in [0.29, 0.717) is 29.4 Å². The third kappa shape index (κ3) is 2.04. The van der Waals surface area contributed by atoms with Crippen LogP contribution < -0.4 is 0 Å². The van der Waals surface area contributed by atoms with Gasteiger partial charge in [-0.3, -0.25) is 19.3 Å². The first-order chi connectivity index (χ1) is 12.3. The molecule has 4 fully saturated rings. The Balaban J connectivity index is 1.60. The molecule has 4 aliphatic carbocycles. The normalized spacial score (nSPS) is 38.6. The lowest BCUT2D eigenvalue weighted by Crippen LogP contribution is -2.64. The summed E-state index contributed by atoms with van der Waals surface area (Å²) in [5.74, 6) is -0.108. The third-order valence-electron chi connectivity index (χ3n) is 7.12. The number of aliphatic hydroxyl groups is 1. The van der Waals surface area contributed by atoms with Gasteiger partial charge in [0, 0.05) is 5.41 Å². The first-order valence-electron chi connectivity index (χ1n) is 9.52. The highest BCUT2D eigenvalue weighted by Gasteiger charge is 2.63. The summed E-state index contributed by atoms with van der Waals surface area (Å²) < 4.78 is 0. The second-order valence-corrected chi connectivity index (χ2v) is 9.09. The van der Waals surface area contributed by atoms with Crippen molar-refractivity contribution >= 4 is 17.6 Å². The molecular formula is C21H23NO4. The zero-order valence-corrected chi connectivity index (χ0v) is 14.9. The smallest absolute Gasteiger partial charge is 0.262 e. The van der Waals surface area contributed by atoms with E-state index in [9.17, 15) is 19.5 Å². The predicted octanol–water partition coefficient (Wildman–Crippen LogP) is 2.57. The van der Waals surface area contributed by atoms with E-state index in [1.54, 1.807) is 24.3 Å². The van der Waals surface area contributed by atoms with Gasteiger partial charge in [-0.15, -0.1) is 0 Å². The molecule has 0 aromatic heterocycles. The summed E-state index contributed by atoms with van der Waals surface area (Å²) in [6.07, 6.45) is 4.84. The minimum absolute atomic E-state index is 0.148. The number of imide groups is 1. The number of amides is 2. The molecule has 3 atom stereocenters. The molecule has 4 saturated carbocycles. The van der Waals surface area contributed by atoms with E-state index >= 15 is 0 Å². The number of Topliss-reactive ketones (excluding diaryl/α,β-unsaturated/α-hetero) is 1. The number of carbonyl (C=O) groups is 3. The van der Waals surface area contributed by atoms with E-state index in [1.165, 1.54) is 11.8 Å². The molecule has 1 aliphatic heterocycles. The molecule has 2 amide bonds. The molecule has 6 rings (SSSR count). The van der Waals surface area contributed by atoms with Gasteiger partial charge in [-0.1, -0.05) is 12.1 Å². The molecule has 0 spiro atoms. The van der Waals surface area contributed by atoms with E-state index in [4.69, 9.17) is 0 Å². The van der Waals surface area contributed by atoms with Crippen LogP contribution in [0.25, 0.3) is 0 Å². The zero-order valence-electron chi connectivity index (χ0n) is 14.9. The summed E-state index contributed by atoms with van der Waals surface area (Å²) in [6, 6.07) is 6.01. The predicted molar refractivity (Wildman–Crippen MR) is 93.5 cm³/mol. The molecule has 1 aromatic carbocycles. The number of rotatable bonds is 3. The lowest BCUT2D eigenvalue weighted by molar-refractivity contribution is -0.181. The molecule has 0 saturated heterocycles. The van der Waals surface area contributed by atoms with Gasteiger partial charge in [0.2, 0.25) is 0 Å². The van der Waals surface area contributed by atoms with Gasteiger partial charge in [-0.2, -0.15) is 0 Å². The van der Waals surface area contributed by atoms with Crippen LogP contribution in [0.3, 0.4) is 0 Å². The number of fused-ring (bicyclic) bond motifs is 1. The van der Waals surface area contributed by atoms with Gasteiger partial charge in [-0.05, 0) is 69.4 Å². The Kier molecular flexibility index (Phi) is 3.13. The van der Waals surface area contributed by atoms with E-state index in [2.05, 4.69) is 0 Å². The van der Waals surface area contributed by atoms with Crippen molar-refractivity contribution in [1.82, 2.24) is 4.90 Å². The van der Waals surface area contributed by atoms with Crippen molar-refractivity contribution in [1.29, 1.82) is 0 Å². The summed E-state index contributed by atoms with van der Waals surface area (Å²) in [6.45, 7) is 1.48.